The molecule has 262 valence electrons. The summed E-state index contributed by atoms with van der Waals surface area (Å²) in [6.45, 7) is 7.71. The van der Waals surface area contributed by atoms with Crippen molar-refractivity contribution in [2.75, 3.05) is 19.8 Å². The summed E-state index contributed by atoms with van der Waals surface area (Å²) >= 11 is 6.09. The van der Waals surface area contributed by atoms with Crippen molar-refractivity contribution >= 4 is 46.9 Å². The van der Waals surface area contributed by atoms with Gasteiger partial charge in [0.25, 0.3) is 5.91 Å². The Morgan fingerprint density at radius 3 is 2.52 bits per heavy atom. The average molecular weight is 692 g/mol. The minimum Gasteiger partial charge on any atom is -0.444 e. The lowest BCUT2D eigenvalue weighted by molar-refractivity contribution is -0.144. The van der Waals surface area contributed by atoms with E-state index < -0.39 is 70.7 Å². The number of hydroxylamine groups is 1. The molecule has 2 saturated heterocycles. The lowest BCUT2D eigenvalue weighted by Gasteiger charge is -2.35. The molecule has 15 heteroatoms. The molecule has 0 aromatic heterocycles. The first-order valence-electron chi connectivity index (χ1n) is 16.3. The number of amides is 4. The summed E-state index contributed by atoms with van der Waals surface area (Å²) in [6.07, 6.45) is 3.20. The van der Waals surface area contributed by atoms with Crippen LogP contribution in [0.4, 0.5) is 9.18 Å². The highest BCUT2D eigenvalue weighted by atomic mass is 35.5. The number of halogens is 2. The molecule has 1 spiro atoms. The van der Waals surface area contributed by atoms with Gasteiger partial charge in [0.2, 0.25) is 17.6 Å². The standard InChI is InChI=1S/C33H43ClFN5O8/c1-5-6-23(26(41)29(43)36-21-7-8-21)37-28(42)25-15-33(14-24(39-48-33)18-11-19(34)13-20(35)12-18)17-40(25)30(44)27(32(2,3)4)38-31(45)47-22-9-10-46-16-22/h11-14,21-23,25,27,39H,5-10,15-17H2,1-4H3,(H,36,43)(H,37,42)(H,38,45)/t22-,23-,25-,27+,33-/m0/s1. The Balaban J connectivity index is 1.42. The molecule has 5 atom stereocenters. The van der Waals surface area contributed by atoms with Crippen LogP contribution in [0.2, 0.25) is 5.02 Å². The number of alkyl carbamates (subject to hydrolysis) is 1. The van der Waals surface area contributed by atoms with Gasteiger partial charge in [-0.3, -0.25) is 29.5 Å². The minimum absolute atomic E-state index is 0.0436. The summed E-state index contributed by atoms with van der Waals surface area (Å²) in [4.78, 5) is 74.4. The second kappa shape index (κ2) is 14.4. The van der Waals surface area contributed by atoms with Crippen molar-refractivity contribution in [1.29, 1.82) is 0 Å². The Labute approximate surface area is 283 Å². The Kier molecular flexibility index (Phi) is 10.7. The maximum Gasteiger partial charge on any atom is 0.408 e. The SMILES string of the molecule is CCC[C@H](NC(=O)[C@@H]1C[C@@]2(C=C(c3cc(F)cc(Cl)c3)NO2)CN1C(=O)[C@@H](NC(=O)O[C@H]1CCOC1)C(C)(C)C)C(=O)C(=O)NC1CC1. The predicted octanol–water partition coefficient (Wildman–Crippen LogP) is 2.76. The second-order valence-electron chi connectivity index (χ2n) is 14.0. The molecule has 3 fully saturated rings. The van der Waals surface area contributed by atoms with Gasteiger partial charge in [0.1, 0.15) is 29.6 Å². The van der Waals surface area contributed by atoms with Gasteiger partial charge < -0.3 is 30.3 Å². The van der Waals surface area contributed by atoms with Crippen LogP contribution in [0.15, 0.2) is 24.3 Å². The van der Waals surface area contributed by atoms with Crippen molar-refractivity contribution in [1.82, 2.24) is 26.3 Å². The topological polar surface area (TPSA) is 164 Å². The zero-order chi connectivity index (χ0) is 34.8. The van der Waals surface area contributed by atoms with E-state index >= 15 is 0 Å². The number of likely N-dealkylation sites (tertiary alicyclic amines) is 1. The fourth-order valence-electron chi connectivity index (χ4n) is 6.07. The van der Waals surface area contributed by atoms with Crippen LogP contribution in [0.25, 0.3) is 5.70 Å². The van der Waals surface area contributed by atoms with Gasteiger partial charge in [-0.2, -0.15) is 0 Å². The van der Waals surface area contributed by atoms with Gasteiger partial charge in [-0.25, -0.2) is 9.18 Å². The van der Waals surface area contributed by atoms with E-state index in [-0.39, 0.29) is 37.1 Å². The number of hydrogen-bond acceptors (Lipinski definition) is 9. The van der Waals surface area contributed by atoms with E-state index in [9.17, 15) is 28.4 Å². The molecule has 1 saturated carbocycles. The van der Waals surface area contributed by atoms with Crippen molar-refractivity contribution in [3.8, 4) is 0 Å². The molecule has 4 aliphatic rings. The molecule has 1 aromatic rings. The third kappa shape index (κ3) is 8.45. The van der Waals surface area contributed by atoms with E-state index in [2.05, 4.69) is 21.4 Å². The molecule has 4 amide bonds. The van der Waals surface area contributed by atoms with Gasteiger partial charge in [-0.05, 0) is 49.0 Å². The Bertz CT molecular complexity index is 1450. The number of ether oxygens (including phenoxy) is 2. The van der Waals surface area contributed by atoms with Crippen molar-refractivity contribution in [2.24, 2.45) is 5.41 Å². The highest BCUT2D eigenvalue weighted by Crippen LogP contribution is 2.39. The number of ketones is 1. The van der Waals surface area contributed by atoms with Gasteiger partial charge in [0.05, 0.1) is 31.5 Å². The van der Waals surface area contributed by atoms with E-state index in [1.807, 2.05) is 6.92 Å². The van der Waals surface area contributed by atoms with Crippen molar-refractivity contribution in [2.45, 2.75) is 102 Å². The van der Waals surface area contributed by atoms with E-state index in [1.54, 1.807) is 32.9 Å². The molecule has 5 rings (SSSR count). The van der Waals surface area contributed by atoms with Crippen LogP contribution in [-0.2, 0) is 33.5 Å². The molecule has 48 heavy (non-hydrogen) atoms. The normalized spacial score (nSPS) is 24.8. The number of rotatable bonds is 11. The molecule has 0 bridgehead atoms. The van der Waals surface area contributed by atoms with Crippen LogP contribution >= 0.6 is 11.6 Å². The number of nitrogens with zero attached hydrogens (tertiary/aromatic N) is 1. The largest absolute Gasteiger partial charge is 0.444 e. The third-order valence-electron chi connectivity index (χ3n) is 8.77. The lowest BCUT2D eigenvalue weighted by atomic mass is 9.85. The van der Waals surface area contributed by atoms with Crippen LogP contribution < -0.4 is 21.4 Å². The average Bonchev–Trinajstić information content (AvgIpc) is 3.37. The summed E-state index contributed by atoms with van der Waals surface area (Å²) in [6, 6.07) is 0.518. The van der Waals surface area contributed by atoms with E-state index in [0.29, 0.717) is 30.7 Å². The van der Waals surface area contributed by atoms with Crippen LogP contribution in [0.1, 0.15) is 71.8 Å². The van der Waals surface area contributed by atoms with E-state index in [1.165, 1.54) is 11.0 Å². The quantitative estimate of drug-likeness (QED) is 0.256. The first-order chi connectivity index (χ1) is 22.7. The second-order valence-corrected chi connectivity index (χ2v) is 14.4. The van der Waals surface area contributed by atoms with E-state index in [0.717, 1.165) is 18.9 Å². The van der Waals surface area contributed by atoms with Crippen molar-refractivity contribution < 1.29 is 42.7 Å². The first-order valence-corrected chi connectivity index (χ1v) is 16.7. The number of Topliss-reactive ketones (excluding diaryl/α,β-unsaturated/α-hetero) is 1. The maximum absolute atomic E-state index is 14.4. The molecule has 3 aliphatic heterocycles. The van der Waals surface area contributed by atoms with Gasteiger partial charge in [0, 0.05) is 29.5 Å². The number of nitrogens with one attached hydrogen (secondary N) is 4. The van der Waals surface area contributed by atoms with Crippen LogP contribution in [0, 0.1) is 11.2 Å². The minimum atomic E-state index is -1.25. The summed E-state index contributed by atoms with van der Waals surface area (Å²) in [5, 5.41) is 8.24. The molecule has 4 N–H and O–H groups in total. The Hall–Kier alpha value is -3.75. The molecule has 1 aliphatic carbocycles. The zero-order valence-corrected chi connectivity index (χ0v) is 28.3. The highest BCUT2D eigenvalue weighted by molar-refractivity contribution is 6.38. The first kappa shape index (κ1) is 35.6. The van der Waals surface area contributed by atoms with Gasteiger partial charge in [0.15, 0.2) is 0 Å². The lowest BCUT2D eigenvalue weighted by Crippen LogP contribution is -2.59. The van der Waals surface area contributed by atoms with Crippen LogP contribution in [-0.4, -0.2) is 90.1 Å². The molecule has 1 aromatic carbocycles. The maximum atomic E-state index is 14.4. The van der Waals surface area contributed by atoms with Crippen molar-refractivity contribution in [3.63, 3.8) is 0 Å². The molecule has 13 nitrogen and oxygen atoms in total. The third-order valence-corrected chi connectivity index (χ3v) is 8.99. The van der Waals surface area contributed by atoms with Crippen LogP contribution in [0.5, 0.6) is 0 Å². The molecule has 0 unspecified atom stereocenters. The Morgan fingerprint density at radius 1 is 1.15 bits per heavy atom. The summed E-state index contributed by atoms with van der Waals surface area (Å²) in [5.41, 5.74) is 1.49. The summed E-state index contributed by atoms with van der Waals surface area (Å²) < 4.78 is 25.0. The Morgan fingerprint density at radius 2 is 1.90 bits per heavy atom. The van der Waals surface area contributed by atoms with Gasteiger partial charge in [-0.1, -0.05) is 45.7 Å². The molecular formula is C33H43ClFN5O8. The van der Waals surface area contributed by atoms with Crippen molar-refractivity contribution in [3.05, 3.63) is 40.7 Å². The zero-order valence-electron chi connectivity index (χ0n) is 27.5. The number of benzene rings is 1. The highest BCUT2D eigenvalue weighted by Gasteiger charge is 2.54. The van der Waals surface area contributed by atoms with Crippen LogP contribution in [0.3, 0.4) is 0 Å². The summed E-state index contributed by atoms with van der Waals surface area (Å²) in [7, 11) is 0. The molecule has 0 radical (unpaired) electrons. The van der Waals surface area contributed by atoms with Gasteiger partial charge in [-0.15, -0.1) is 0 Å². The smallest absolute Gasteiger partial charge is 0.408 e. The molecule has 3 heterocycles. The monoisotopic (exact) mass is 691 g/mol. The van der Waals surface area contributed by atoms with Gasteiger partial charge >= 0.3 is 6.09 Å². The predicted molar refractivity (Wildman–Crippen MR) is 172 cm³/mol. The number of hydrogen-bond donors (Lipinski definition) is 4. The van der Waals surface area contributed by atoms with E-state index in [4.69, 9.17) is 25.9 Å². The number of carbonyl (C=O) groups is 5. The summed E-state index contributed by atoms with van der Waals surface area (Å²) in [5.74, 6) is -3.33. The fourth-order valence-corrected chi connectivity index (χ4v) is 6.29. The number of carbonyl (C=O) groups excluding carboxylic acids is 5. The fraction of sp³-hybridized carbons (Fsp3) is 0.606. The molecular weight excluding hydrogens is 649 g/mol.